The molecule has 0 aliphatic rings. The molecule has 26 heavy (non-hydrogen) atoms. The van der Waals surface area contributed by atoms with Crippen molar-refractivity contribution < 1.29 is 9.21 Å². The second kappa shape index (κ2) is 7.36. The number of anilines is 1. The van der Waals surface area contributed by atoms with E-state index in [0.717, 1.165) is 16.9 Å². The van der Waals surface area contributed by atoms with Crippen LogP contribution < -0.4 is 10.6 Å². The van der Waals surface area contributed by atoms with Crippen LogP contribution in [0.2, 0.25) is 0 Å². The lowest BCUT2D eigenvalue weighted by Gasteiger charge is -2.06. The van der Waals surface area contributed by atoms with Crippen molar-refractivity contribution in [2.75, 3.05) is 11.9 Å². The van der Waals surface area contributed by atoms with Crippen LogP contribution in [0.3, 0.4) is 0 Å². The third-order valence-corrected chi connectivity index (χ3v) is 4.67. The van der Waals surface area contributed by atoms with Gasteiger partial charge in [-0.2, -0.15) is 5.10 Å². The van der Waals surface area contributed by atoms with Crippen molar-refractivity contribution >= 4 is 34.1 Å². The van der Waals surface area contributed by atoms with E-state index in [1.807, 2.05) is 11.4 Å². The number of rotatable bonds is 7. The van der Waals surface area contributed by atoms with Crippen LogP contribution >= 0.6 is 11.3 Å². The third-order valence-electron chi connectivity index (χ3n) is 3.80. The number of fused-ring (bicyclic) bond motifs is 1. The predicted octanol–water partition coefficient (Wildman–Crippen LogP) is 2.52. The number of nitrogens with zero attached hydrogens (tertiary/aromatic N) is 4. The first-order chi connectivity index (χ1) is 12.8. The Bertz CT molecular complexity index is 994. The molecule has 1 amide bonds. The second-order valence-corrected chi connectivity index (χ2v) is 6.53. The summed E-state index contributed by atoms with van der Waals surface area (Å²) in [5.41, 5.74) is 0.723. The minimum atomic E-state index is -0.251. The molecule has 0 radical (unpaired) electrons. The molecule has 0 spiro atoms. The van der Waals surface area contributed by atoms with Crippen LogP contribution in [0, 0.1) is 0 Å². The number of thiophene rings is 1. The summed E-state index contributed by atoms with van der Waals surface area (Å²) >= 11 is 1.69. The number of hydrogen-bond acceptors (Lipinski definition) is 7. The van der Waals surface area contributed by atoms with E-state index < -0.39 is 0 Å². The van der Waals surface area contributed by atoms with Crippen molar-refractivity contribution in [2.45, 2.75) is 13.1 Å². The van der Waals surface area contributed by atoms with Crippen LogP contribution in [-0.4, -0.2) is 32.2 Å². The van der Waals surface area contributed by atoms with Crippen LogP contribution in [0.5, 0.6) is 0 Å². The van der Waals surface area contributed by atoms with Gasteiger partial charge in [-0.1, -0.05) is 6.07 Å². The molecule has 4 aromatic rings. The van der Waals surface area contributed by atoms with Crippen molar-refractivity contribution in [3.05, 3.63) is 59.1 Å². The molecule has 0 saturated heterocycles. The SMILES string of the molecule is O=C(NCCn1ncc2c(NCc3cccs3)ncnc21)c1ccco1. The fraction of sp³-hybridized carbons (Fsp3) is 0.176. The van der Waals surface area contributed by atoms with Crippen molar-refractivity contribution in [1.29, 1.82) is 0 Å². The molecule has 0 aromatic carbocycles. The van der Waals surface area contributed by atoms with Gasteiger partial charge in [-0.25, -0.2) is 14.6 Å². The van der Waals surface area contributed by atoms with Gasteiger partial charge in [-0.05, 0) is 23.6 Å². The Morgan fingerprint density at radius 3 is 3.04 bits per heavy atom. The van der Waals surface area contributed by atoms with E-state index in [1.54, 1.807) is 34.3 Å². The molecule has 132 valence electrons. The second-order valence-electron chi connectivity index (χ2n) is 5.49. The maximum Gasteiger partial charge on any atom is 0.287 e. The lowest BCUT2D eigenvalue weighted by molar-refractivity contribution is 0.0924. The number of carbonyl (C=O) groups excluding carboxylic acids is 1. The van der Waals surface area contributed by atoms with Crippen molar-refractivity contribution in [1.82, 2.24) is 25.1 Å². The first kappa shape index (κ1) is 16.3. The van der Waals surface area contributed by atoms with Gasteiger partial charge in [-0.3, -0.25) is 4.79 Å². The highest BCUT2D eigenvalue weighted by Crippen LogP contribution is 2.20. The number of aromatic nitrogens is 4. The van der Waals surface area contributed by atoms with Crippen molar-refractivity contribution in [3.63, 3.8) is 0 Å². The van der Waals surface area contributed by atoms with E-state index in [9.17, 15) is 4.79 Å². The van der Waals surface area contributed by atoms with Crippen LogP contribution in [-0.2, 0) is 13.1 Å². The zero-order valence-corrected chi connectivity index (χ0v) is 14.6. The monoisotopic (exact) mass is 368 g/mol. The summed E-state index contributed by atoms with van der Waals surface area (Å²) in [6, 6.07) is 7.39. The fourth-order valence-electron chi connectivity index (χ4n) is 2.55. The number of carbonyl (C=O) groups is 1. The van der Waals surface area contributed by atoms with Gasteiger partial charge in [0.15, 0.2) is 11.4 Å². The van der Waals surface area contributed by atoms with Crippen LogP contribution in [0.1, 0.15) is 15.4 Å². The lowest BCUT2D eigenvalue weighted by Crippen LogP contribution is -2.27. The van der Waals surface area contributed by atoms with E-state index in [4.69, 9.17) is 4.42 Å². The lowest BCUT2D eigenvalue weighted by atomic mass is 10.3. The van der Waals surface area contributed by atoms with Gasteiger partial charge in [0.2, 0.25) is 0 Å². The molecule has 0 aliphatic carbocycles. The molecule has 8 nitrogen and oxygen atoms in total. The molecule has 0 aliphatic heterocycles. The Hall–Kier alpha value is -3.20. The van der Waals surface area contributed by atoms with Gasteiger partial charge in [0.25, 0.3) is 5.91 Å². The average molecular weight is 368 g/mol. The van der Waals surface area contributed by atoms with Gasteiger partial charge < -0.3 is 15.1 Å². The number of nitrogens with one attached hydrogen (secondary N) is 2. The average Bonchev–Trinajstić information content (AvgIpc) is 3.41. The highest BCUT2D eigenvalue weighted by Gasteiger charge is 2.11. The van der Waals surface area contributed by atoms with Crippen LogP contribution in [0.15, 0.2) is 52.9 Å². The van der Waals surface area contributed by atoms with E-state index in [-0.39, 0.29) is 11.7 Å². The quantitative estimate of drug-likeness (QED) is 0.520. The summed E-state index contributed by atoms with van der Waals surface area (Å²) in [6.07, 6.45) is 4.72. The summed E-state index contributed by atoms with van der Waals surface area (Å²) in [6.45, 7) is 1.61. The normalized spacial score (nSPS) is 10.9. The molecule has 0 atom stereocenters. The van der Waals surface area contributed by atoms with Crippen molar-refractivity contribution in [2.24, 2.45) is 0 Å². The number of amides is 1. The highest BCUT2D eigenvalue weighted by atomic mass is 32.1. The van der Waals surface area contributed by atoms with Gasteiger partial charge >= 0.3 is 0 Å². The predicted molar refractivity (Wildman–Crippen MR) is 98.0 cm³/mol. The zero-order chi connectivity index (χ0) is 17.8. The Labute approximate surface area is 152 Å². The zero-order valence-electron chi connectivity index (χ0n) is 13.8. The maximum atomic E-state index is 11.9. The number of furan rings is 1. The smallest absolute Gasteiger partial charge is 0.287 e. The molecular weight excluding hydrogens is 352 g/mol. The molecular formula is C17H16N6O2S. The molecule has 0 unspecified atom stereocenters. The highest BCUT2D eigenvalue weighted by molar-refractivity contribution is 7.09. The van der Waals surface area contributed by atoms with Crippen molar-refractivity contribution in [3.8, 4) is 0 Å². The molecule has 9 heteroatoms. The van der Waals surface area contributed by atoms with Crippen LogP contribution in [0.25, 0.3) is 11.0 Å². The molecule has 4 aromatic heterocycles. The standard InChI is InChI=1S/C17H16N6O2S/c24-17(14-4-1-7-25-14)18-5-6-23-16-13(10-22-23)15(20-11-21-16)19-9-12-3-2-8-26-12/h1-4,7-8,10-11H,5-6,9H2,(H,18,24)(H,19,20,21). The molecule has 0 fully saturated rings. The maximum absolute atomic E-state index is 11.9. The van der Waals surface area contributed by atoms with E-state index in [1.165, 1.54) is 17.5 Å². The molecule has 0 bridgehead atoms. The molecule has 0 saturated carbocycles. The van der Waals surface area contributed by atoms with Gasteiger partial charge in [0.05, 0.1) is 30.9 Å². The first-order valence-electron chi connectivity index (χ1n) is 8.06. The molecule has 2 N–H and O–H groups in total. The summed E-state index contributed by atoms with van der Waals surface area (Å²) in [4.78, 5) is 21.7. The Balaban J connectivity index is 1.42. The van der Waals surface area contributed by atoms with Gasteiger partial charge in [0.1, 0.15) is 12.1 Å². The minimum absolute atomic E-state index is 0.251. The van der Waals surface area contributed by atoms with E-state index in [2.05, 4.69) is 31.8 Å². The molecule has 4 rings (SSSR count). The van der Waals surface area contributed by atoms with Gasteiger partial charge in [-0.15, -0.1) is 11.3 Å². The summed E-state index contributed by atoms with van der Waals surface area (Å²) in [5, 5.41) is 13.4. The topological polar surface area (TPSA) is 97.9 Å². The summed E-state index contributed by atoms with van der Waals surface area (Å²) in [7, 11) is 0. The largest absolute Gasteiger partial charge is 0.459 e. The Morgan fingerprint density at radius 2 is 2.23 bits per heavy atom. The Kier molecular flexibility index (Phi) is 4.61. The third kappa shape index (κ3) is 3.42. The summed E-state index contributed by atoms with van der Waals surface area (Å²) in [5.74, 6) is 0.784. The first-order valence-corrected chi connectivity index (χ1v) is 8.94. The van der Waals surface area contributed by atoms with Gasteiger partial charge in [0, 0.05) is 11.4 Å². The fourth-order valence-corrected chi connectivity index (χ4v) is 3.20. The van der Waals surface area contributed by atoms with E-state index >= 15 is 0 Å². The number of hydrogen-bond donors (Lipinski definition) is 2. The van der Waals surface area contributed by atoms with E-state index in [0.29, 0.717) is 19.6 Å². The molecule has 4 heterocycles. The van der Waals surface area contributed by atoms with Crippen LogP contribution in [0.4, 0.5) is 5.82 Å². The summed E-state index contributed by atoms with van der Waals surface area (Å²) < 4.78 is 6.81. The Morgan fingerprint density at radius 1 is 1.27 bits per heavy atom. The minimum Gasteiger partial charge on any atom is -0.459 e.